The summed E-state index contributed by atoms with van der Waals surface area (Å²) < 4.78 is 23.7. The summed E-state index contributed by atoms with van der Waals surface area (Å²) in [6, 6.07) is -0.871. The number of quaternary nitrogens is 1. The Balaban J connectivity index is 3.94. The molecule has 0 saturated carbocycles. The minimum atomic E-state index is -4.36. The Bertz CT molecular complexity index is 1550. The van der Waals surface area contributed by atoms with E-state index in [9.17, 15) is 19.4 Å². The van der Waals surface area contributed by atoms with Gasteiger partial charge in [-0.2, -0.15) is 0 Å². The highest BCUT2D eigenvalue weighted by atomic mass is 31.2. The first kappa shape index (κ1) is 78.9. The molecule has 0 aliphatic rings. The van der Waals surface area contributed by atoms with Crippen molar-refractivity contribution in [3.63, 3.8) is 0 Å². The van der Waals surface area contributed by atoms with Gasteiger partial charge in [0, 0.05) is 6.42 Å². The van der Waals surface area contributed by atoms with E-state index in [1.807, 2.05) is 27.2 Å². The number of carbonyl (C=O) groups is 1. The van der Waals surface area contributed by atoms with Crippen molar-refractivity contribution in [3.05, 3.63) is 72.9 Å². The van der Waals surface area contributed by atoms with Gasteiger partial charge in [-0.1, -0.05) is 311 Å². The molecular weight excluding hydrogens is 1020 g/mol. The normalized spacial score (nSPS) is 14.1. The van der Waals surface area contributed by atoms with Crippen molar-refractivity contribution in [2.24, 2.45) is 0 Å². The van der Waals surface area contributed by atoms with Gasteiger partial charge in [-0.15, -0.1) is 0 Å². The zero-order valence-electron chi connectivity index (χ0n) is 54.3. The van der Waals surface area contributed by atoms with Crippen molar-refractivity contribution in [1.29, 1.82) is 0 Å². The lowest BCUT2D eigenvalue weighted by Crippen LogP contribution is -2.45. The summed E-state index contributed by atoms with van der Waals surface area (Å²) in [4.78, 5) is 23.4. The highest BCUT2D eigenvalue weighted by Gasteiger charge is 2.28. The van der Waals surface area contributed by atoms with Crippen molar-refractivity contribution in [2.45, 2.75) is 341 Å². The number of rotatable bonds is 64. The van der Waals surface area contributed by atoms with Crippen LogP contribution in [0.1, 0.15) is 328 Å². The van der Waals surface area contributed by atoms with E-state index >= 15 is 0 Å². The number of likely N-dealkylation sites (N-methyl/N-ethyl adjacent to an activating group) is 1. The van der Waals surface area contributed by atoms with E-state index in [1.54, 1.807) is 6.08 Å². The monoisotopic (exact) mass is 1160 g/mol. The van der Waals surface area contributed by atoms with E-state index < -0.39 is 20.0 Å². The number of allylic oxidation sites excluding steroid dienone is 11. The van der Waals surface area contributed by atoms with Crippen LogP contribution in [-0.2, 0) is 18.4 Å². The van der Waals surface area contributed by atoms with Gasteiger partial charge in [0.15, 0.2) is 0 Å². The number of carbonyl (C=O) groups excluding carboxylic acids is 1. The Hall–Kier alpha value is -2.06. The highest BCUT2D eigenvalue weighted by molar-refractivity contribution is 7.47. The van der Waals surface area contributed by atoms with Gasteiger partial charge in [0.1, 0.15) is 13.2 Å². The molecule has 1 amide bonds. The SMILES string of the molecule is CCCCCCC/C=C\C/C=C\C/C=C\CCCCCCCCCCCCCCCCCCCCCCCCCCCCC(=O)NC(COP(=O)(O)OCC[N+](C)(C)C)C(O)/C=C/CC/C=C/CC/C=C/CCCCCCCCCC. The van der Waals surface area contributed by atoms with Crippen LogP contribution < -0.4 is 5.32 Å². The van der Waals surface area contributed by atoms with Gasteiger partial charge < -0.3 is 19.8 Å². The summed E-state index contributed by atoms with van der Waals surface area (Å²) in [6.45, 7) is 4.80. The number of phosphoric acid groups is 1. The van der Waals surface area contributed by atoms with Gasteiger partial charge in [0.25, 0.3) is 0 Å². The van der Waals surface area contributed by atoms with Crippen LogP contribution in [-0.4, -0.2) is 73.4 Å². The molecule has 8 nitrogen and oxygen atoms in total. The average molecular weight is 1160 g/mol. The van der Waals surface area contributed by atoms with E-state index in [0.29, 0.717) is 17.4 Å². The third kappa shape index (κ3) is 65.3. The summed E-state index contributed by atoms with van der Waals surface area (Å²) in [6.07, 6.45) is 87.8. The van der Waals surface area contributed by atoms with Crippen molar-refractivity contribution < 1.29 is 32.9 Å². The maximum absolute atomic E-state index is 13.0. The maximum atomic E-state index is 13.0. The summed E-state index contributed by atoms with van der Waals surface area (Å²) >= 11 is 0. The molecule has 0 aromatic heterocycles. The third-order valence-corrected chi connectivity index (χ3v) is 16.6. The Morgan fingerprint density at radius 2 is 0.716 bits per heavy atom. The fraction of sp³-hybridized carbons (Fsp3) is 0.819. The minimum absolute atomic E-state index is 0.0534. The number of aliphatic hydroxyl groups excluding tert-OH is 1. The van der Waals surface area contributed by atoms with Gasteiger partial charge in [-0.05, 0) is 83.5 Å². The molecule has 0 aromatic carbocycles. The van der Waals surface area contributed by atoms with Crippen LogP contribution in [0.3, 0.4) is 0 Å². The summed E-state index contributed by atoms with van der Waals surface area (Å²) in [5.41, 5.74) is 0. The number of hydrogen-bond donors (Lipinski definition) is 3. The van der Waals surface area contributed by atoms with Gasteiger partial charge in [0.2, 0.25) is 5.91 Å². The number of phosphoric ester groups is 1. The molecule has 0 aliphatic carbocycles. The van der Waals surface area contributed by atoms with Crippen LogP contribution in [0, 0.1) is 0 Å². The minimum Gasteiger partial charge on any atom is -0.387 e. The maximum Gasteiger partial charge on any atom is 0.472 e. The fourth-order valence-electron chi connectivity index (χ4n) is 10.2. The molecule has 3 N–H and O–H groups in total. The Morgan fingerprint density at radius 1 is 0.420 bits per heavy atom. The summed E-state index contributed by atoms with van der Waals surface area (Å²) in [5, 5.41) is 13.9. The van der Waals surface area contributed by atoms with E-state index in [-0.39, 0.29) is 19.1 Å². The molecule has 0 radical (unpaired) electrons. The summed E-state index contributed by atoms with van der Waals surface area (Å²) in [5.74, 6) is -0.187. The second-order valence-corrected chi connectivity index (χ2v) is 26.3. The van der Waals surface area contributed by atoms with Crippen LogP contribution in [0.4, 0.5) is 0 Å². The molecule has 474 valence electrons. The van der Waals surface area contributed by atoms with Gasteiger partial charge >= 0.3 is 7.82 Å². The first-order valence-corrected chi connectivity index (χ1v) is 36.3. The van der Waals surface area contributed by atoms with E-state index in [4.69, 9.17) is 9.05 Å². The van der Waals surface area contributed by atoms with Crippen molar-refractivity contribution >= 4 is 13.7 Å². The van der Waals surface area contributed by atoms with Crippen molar-refractivity contribution in [1.82, 2.24) is 5.32 Å². The number of hydrogen-bond acceptors (Lipinski definition) is 5. The van der Waals surface area contributed by atoms with Gasteiger partial charge in [-0.25, -0.2) is 4.57 Å². The number of amides is 1. The number of unbranched alkanes of at least 4 members (excludes halogenated alkanes) is 41. The standard InChI is InChI=1S/C72H135N2O6P/c1-6-8-10-12-14-16-18-20-22-24-26-27-28-29-30-31-32-33-34-35-36-37-38-39-40-41-42-43-44-45-46-47-48-50-52-54-56-58-60-62-64-66-72(76)73-70(69-80-81(77,78)79-68-67-74(3,4)5)71(75)65-63-61-59-57-55-53-51-49-25-23-21-19-17-15-13-11-9-7-2/h18,20,24-26,28-29,49,55,57,63,65,70-71,75H,6-17,19,21-23,27,30-48,50-54,56,58-62,64,66-69H2,1-5H3,(H-,73,76,77,78)/p+1/b20-18-,26-24-,29-28-,49-25+,57-55+,65-63+. The molecule has 0 aliphatic heterocycles. The van der Waals surface area contributed by atoms with Crippen LogP contribution in [0.5, 0.6) is 0 Å². The fourth-order valence-corrected chi connectivity index (χ4v) is 10.9. The molecule has 0 aromatic rings. The molecule has 3 atom stereocenters. The van der Waals surface area contributed by atoms with E-state index in [1.165, 1.54) is 250 Å². The highest BCUT2D eigenvalue weighted by Crippen LogP contribution is 2.43. The number of nitrogens with one attached hydrogen (secondary N) is 1. The number of aliphatic hydroxyl groups is 1. The van der Waals surface area contributed by atoms with Crippen LogP contribution in [0.25, 0.3) is 0 Å². The van der Waals surface area contributed by atoms with E-state index in [2.05, 4.69) is 79.9 Å². The van der Waals surface area contributed by atoms with Crippen LogP contribution >= 0.6 is 7.82 Å². The Morgan fingerprint density at radius 3 is 1.07 bits per heavy atom. The molecule has 9 heteroatoms. The predicted octanol–water partition coefficient (Wildman–Crippen LogP) is 22.2. The first-order valence-electron chi connectivity index (χ1n) is 34.8. The lowest BCUT2D eigenvalue weighted by Gasteiger charge is -2.25. The Kier molecular flexibility index (Phi) is 60.9. The quantitative estimate of drug-likeness (QED) is 0.0243. The zero-order valence-corrected chi connectivity index (χ0v) is 55.2. The molecule has 0 bridgehead atoms. The molecule has 0 fully saturated rings. The third-order valence-electron chi connectivity index (χ3n) is 15.6. The smallest absolute Gasteiger partial charge is 0.387 e. The van der Waals surface area contributed by atoms with E-state index in [0.717, 1.165) is 57.8 Å². The molecule has 81 heavy (non-hydrogen) atoms. The Labute approximate surface area is 504 Å². The van der Waals surface area contributed by atoms with Crippen molar-refractivity contribution in [3.8, 4) is 0 Å². The van der Waals surface area contributed by atoms with Crippen molar-refractivity contribution in [2.75, 3.05) is 40.9 Å². The second-order valence-electron chi connectivity index (χ2n) is 24.9. The lowest BCUT2D eigenvalue weighted by molar-refractivity contribution is -0.870. The largest absolute Gasteiger partial charge is 0.472 e. The first-order chi connectivity index (χ1) is 39.5. The van der Waals surface area contributed by atoms with Gasteiger partial charge in [0.05, 0.1) is 39.9 Å². The molecule has 0 rings (SSSR count). The molecule has 0 saturated heterocycles. The topological polar surface area (TPSA) is 105 Å². The second kappa shape index (κ2) is 62.5. The molecule has 0 heterocycles. The molecule has 0 spiro atoms. The van der Waals surface area contributed by atoms with Gasteiger partial charge in [-0.3, -0.25) is 13.8 Å². The van der Waals surface area contributed by atoms with Crippen LogP contribution in [0.2, 0.25) is 0 Å². The summed E-state index contributed by atoms with van der Waals surface area (Å²) in [7, 11) is 1.55. The molecule has 3 unspecified atom stereocenters. The van der Waals surface area contributed by atoms with Crippen LogP contribution in [0.15, 0.2) is 72.9 Å². The number of nitrogens with zero attached hydrogens (tertiary/aromatic N) is 1. The zero-order chi connectivity index (χ0) is 59.1. The lowest BCUT2D eigenvalue weighted by atomic mass is 10.0. The predicted molar refractivity (Wildman–Crippen MR) is 355 cm³/mol. The molecular formula is C72H136N2O6P+. The average Bonchev–Trinajstić information content (AvgIpc) is 3.43.